The Balaban J connectivity index is 0.00000264. The fraction of sp³-hybridized carbons (Fsp3) is 0.944. The Hall–Kier alpha value is -0.320. The minimum Gasteiger partial charge on any atom is -0.354 e. The molecule has 1 amide bonds. The zero-order chi connectivity index (χ0) is 16.1. The number of nitrogens with zero attached hydrogens (tertiary/aromatic N) is 1. The van der Waals surface area contributed by atoms with Crippen LogP contribution in [0.2, 0.25) is 0 Å². The number of amides is 1. The molecule has 0 aromatic rings. The Bertz CT molecular complexity index is 361. The molecular formula is C18H36ClN3O. The van der Waals surface area contributed by atoms with Gasteiger partial charge < -0.3 is 16.0 Å². The highest BCUT2D eigenvalue weighted by Gasteiger charge is 2.36. The maximum atomic E-state index is 12.5. The number of hydrogen-bond acceptors (Lipinski definition) is 3. The zero-order valence-corrected chi connectivity index (χ0v) is 15.8. The molecule has 0 saturated heterocycles. The number of halogens is 1. The first-order chi connectivity index (χ1) is 10.5. The van der Waals surface area contributed by atoms with Crippen LogP contribution in [-0.4, -0.2) is 43.5 Å². The Morgan fingerprint density at radius 3 is 2.00 bits per heavy atom. The second kappa shape index (κ2) is 9.24. The van der Waals surface area contributed by atoms with Gasteiger partial charge in [-0.1, -0.05) is 38.5 Å². The van der Waals surface area contributed by atoms with E-state index in [0.717, 1.165) is 19.4 Å². The number of carbonyl (C=O) groups is 1. The van der Waals surface area contributed by atoms with Gasteiger partial charge in [0.2, 0.25) is 5.91 Å². The lowest BCUT2D eigenvalue weighted by Crippen LogP contribution is -2.54. The maximum Gasteiger partial charge on any atom is 0.220 e. The first-order valence-corrected chi connectivity index (χ1v) is 9.16. The van der Waals surface area contributed by atoms with Crippen molar-refractivity contribution in [2.75, 3.05) is 27.2 Å². The molecule has 0 unspecified atom stereocenters. The molecule has 136 valence electrons. The van der Waals surface area contributed by atoms with Crippen molar-refractivity contribution in [3.8, 4) is 0 Å². The molecule has 3 N–H and O–H groups in total. The van der Waals surface area contributed by atoms with Crippen LogP contribution in [0.1, 0.15) is 70.6 Å². The fourth-order valence-corrected chi connectivity index (χ4v) is 4.41. The van der Waals surface area contributed by atoms with Crippen LogP contribution in [0.25, 0.3) is 0 Å². The highest BCUT2D eigenvalue weighted by Crippen LogP contribution is 2.38. The number of nitrogens with two attached hydrogens (primary N) is 1. The highest BCUT2D eigenvalue weighted by atomic mass is 35.5. The van der Waals surface area contributed by atoms with Crippen LogP contribution in [0.15, 0.2) is 0 Å². The van der Waals surface area contributed by atoms with Crippen molar-refractivity contribution >= 4 is 18.3 Å². The van der Waals surface area contributed by atoms with Crippen LogP contribution >= 0.6 is 12.4 Å². The largest absolute Gasteiger partial charge is 0.354 e. The summed E-state index contributed by atoms with van der Waals surface area (Å²) in [5.41, 5.74) is 6.24. The van der Waals surface area contributed by atoms with Gasteiger partial charge >= 0.3 is 0 Å². The average molecular weight is 346 g/mol. The molecule has 0 aliphatic heterocycles. The number of rotatable bonds is 6. The maximum absolute atomic E-state index is 12.5. The van der Waals surface area contributed by atoms with E-state index in [0.29, 0.717) is 13.0 Å². The van der Waals surface area contributed by atoms with E-state index in [1.165, 1.54) is 51.4 Å². The van der Waals surface area contributed by atoms with Gasteiger partial charge in [0, 0.05) is 18.5 Å². The first-order valence-electron chi connectivity index (χ1n) is 9.16. The van der Waals surface area contributed by atoms with Crippen LogP contribution in [0.4, 0.5) is 0 Å². The summed E-state index contributed by atoms with van der Waals surface area (Å²) in [6.07, 6.45) is 12.9. The molecular weight excluding hydrogens is 310 g/mol. The number of carbonyl (C=O) groups excluding carboxylic acids is 1. The molecule has 0 aromatic carbocycles. The second-order valence-corrected chi connectivity index (χ2v) is 7.90. The lowest BCUT2D eigenvalue weighted by Gasteiger charge is -2.43. The molecule has 0 aromatic heterocycles. The van der Waals surface area contributed by atoms with Gasteiger partial charge in [-0.25, -0.2) is 0 Å². The van der Waals surface area contributed by atoms with E-state index in [9.17, 15) is 4.79 Å². The highest BCUT2D eigenvalue weighted by molar-refractivity contribution is 5.85. The van der Waals surface area contributed by atoms with Crippen molar-refractivity contribution in [2.24, 2.45) is 11.1 Å². The molecule has 5 heteroatoms. The Morgan fingerprint density at radius 1 is 1.00 bits per heavy atom. The van der Waals surface area contributed by atoms with Crippen molar-refractivity contribution in [3.63, 3.8) is 0 Å². The fourth-order valence-electron chi connectivity index (χ4n) is 4.41. The monoisotopic (exact) mass is 345 g/mol. The van der Waals surface area contributed by atoms with Crippen LogP contribution < -0.4 is 11.1 Å². The number of hydrogen-bond donors (Lipinski definition) is 2. The zero-order valence-electron chi connectivity index (χ0n) is 15.0. The Morgan fingerprint density at radius 2 is 1.52 bits per heavy atom. The quantitative estimate of drug-likeness (QED) is 0.777. The van der Waals surface area contributed by atoms with E-state index >= 15 is 0 Å². The van der Waals surface area contributed by atoms with Crippen LogP contribution in [0.5, 0.6) is 0 Å². The van der Waals surface area contributed by atoms with Crippen molar-refractivity contribution < 1.29 is 4.79 Å². The van der Waals surface area contributed by atoms with Gasteiger partial charge in [0.1, 0.15) is 0 Å². The third-order valence-corrected chi connectivity index (χ3v) is 6.23. The topological polar surface area (TPSA) is 58.4 Å². The minimum atomic E-state index is 0. The minimum absolute atomic E-state index is 0. The van der Waals surface area contributed by atoms with Gasteiger partial charge in [0.05, 0.1) is 0 Å². The summed E-state index contributed by atoms with van der Waals surface area (Å²) in [6, 6.07) is 0. The molecule has 4 nitrogen and oxygen atoms in total. The van der Waals surface area contributed by atoms with Gasteiger partial charge in [-0.3, -0.25) is 4.79 Å². The summed E-state index contributed by atoms with van der Waals surface area (Å²) in [6.45, 7) is 1.44. The van der Waals surface area contributed by atoms with Gasteiger partial charge in [0.25, 0.3) is 0 Å². The molecule has 2 saturated carbocycles. The first kappa shape index (κ1) is 20.7. The smallest absolute Gasteiger partial charge is 0.220 e. The summed E-state index contributed by atoms with van der Waals surface area (Å²) < 4.78 is 0. The third kappa shape index (κ3) is 5.33. The number of likely N-dealkylation sites (N-methyl/N-ethyl adjacent to an activating group) is 1. The van der Waals surface area contributed by atoms with Gasteiger partial charge in [-0.15, -0.1) is 12.4 Å². The molecule has 23 heavy (non-hydrogen) atoms. The van der Waals surface area contributed by atoms with Crippen LogP contribution in [0.3, 0.4) is 0 Å². The standard InChI is InChI=1S/C18H35N3O.ClH/c1-21(2)18(11-7-4-8-12-18)15-20-16(22)13-17(14-19)9-5-3-6-10-17;/h3-15,19H2,1-2H3,(H,20,22);1H. The molecule has 2 aliphatic rings. The molecule has 0 radical (unpaired) electrons. The Kier molecular flexibility index (Phi) is 8.32. The van der Waals surface area contributed by atoms with E-state index in [4.69, 9.17) is 5.73 Å². The predicted molar refractivity (Wildman–Crippen MR) is 99.0 cm³/mol. The summed E-state index contributed by atoms with van der Waals surface area (Å²) in [5, 5.41) is 3.24. The molecule has 2 rings (SSSR count). The van der Waals surface area contributed by atoms with Crippen molar-refractivity contribution in [3.05, 3.63) is 0 Å². The molecule has 2 aliphatic carbocycles. The van der Waals surface area contributed by atoms with Crippen LogP contribution in [-0.2, 0) is 4.79 Å². The second-order valence-electron chi connectivity index (χ2n) is 7.90. The van der Waals surface area contributed by atoms with E-state index in [1.54, 1.807) is 0 Å². The molecule has 0 spiro atoms. The summed E-state index contributed by atoms with van der Waals surface area (Å²) in [5.74, 6) is 0.208. The van der Waals surface area contributed by atoms with Gasteiger partial charge in [0.15, 0.2) is 0 Å². The van der Waals surface area contributed by atoms with Crippen molar-refractivity contribution in [2.45, 2.75) is 76.2 Å². The Labute approximate surface area is 148 Å². The third-order valence-electron chi connectivity index (χ3n) is 6.23. The van der Waals surface area contributed by atoms with Gasteiger partial charge in [-0.05, 0) is 51.7 Å². The van der Waals surface area contributed by atoms with Gasteiger partial charge in [-0.2, -0.15) is 0 Å². The predicted octanol–water partition coefficient (Wildman–Crippen LogP) is 3.09. The SMILES string of the molecule is CN(C)C1(CNC(=O)CC2(CN)CCCCC2)CCCCC1.Cl. The molecule has 0 bridgehead atoms. The molecule has 0 heterocycles. The van der Waals surface area contributed by atoms with Crippen molar-refractivity contribution in [1.82, 2.24) is 10.2 Å². The summed E-state index contributed by atoms with van der Waals surface area (Å²) >= 11 is 0. The molecule has 2 fully saturated rings. The van der Waals surface area contributed by atoms with E-state index in [-0.39, 0.29) is 29.3 Å². The van der Waals surface area contributed by atoms with Crippen LogP contribution in [0, 0.1) is 5.41 Å². The lowest BCUT2D eigenvalue weighted by molar-refractivity contribution is -0.124. The molecule has 0 atom stereocenters. The number of nitrogens with one attached hydrogen (secondary N) is 1. The van der Waals surface area contributed by atoms with Crippen molar-refractivity contribution in [1.29, 1.82) is 0 Å². The lowest BCUT2D eigenvalue weighted by atomic mass is 9.71. The normalized spacial score (nSPS) is 23.1. The van der Waals surface area contributed by atoms with E-state index < -0.39 is 0 Å². The van der Waals surface area contributed by atoms with E-state index in [2.05, 4.69) is 24.3 Å². The average Bonchev–Trinajstić information content (AvgIpc) is 2.54. The summed E-state index contributed by atoms with van der Waals surface area (Å²) in [4.78, 5) is 14.8. The summed E-state index contributed by atoms with van der Waals surface area (Å²) in [7, 11) is 4.31. The van der Waals surface area contributed by atoms with E-state index in [1.807, 2.05) is 0 Å².